The van der Waals surface area contributed by atoms with E-state index in [4.69, 9.17) is 10.5 Å². The van der Waals surface area contributed by atoms with Crippen LogP contribution in [0.1, 0.15) is 25.3 Å². The Labute approximate surface area is 120 Å². The molecule has 2 atom stereocenters. The number of hydrogen-bond acceptors (Lipinski definition) is 4. The van der Waals surface area contributed by atoms with Crippen LogP contribution in [-0.2, 0) is 16.1 Å². The van der Waals surface area contributed by atoms with Crippen LogP contribution in [-0.4, -0.2) is 36.5 Å². The zero-order chi connectivity index (χ0) is 14.4. The Morgan fingerprint density at radius 2 is 2.20 bits per heavy atom. The third-order valence-electron chi connectivity index (χ3n) is 3.91. The van der Waals surface area contributed by atoms with E-state index in [2.05, 4.69) is 4.90 Å². The predicted molar refractivity (Wildman–Crippen MR) is 79.1 cm³/mol. The Kier molecular flexibility index (Phi) is 5.56. The van der Waals surface area contributed by atoms with Gasteiger partial charge in [0.1, 0.15) is 6.61 Å². The second-order valence-corrected chi connectivity index (χ2v) is 5.52. The summed E-state index contributed by atoms with van der Waals surface area (Å²) in [5, 5.41) is 0. The van der Waals surface area contributed by atoms with Gasteiger partial charge in [-0.2, -0.15) is 0 Å². The van der Waals surface area contributed by atoms with E-state index in [1.54, 1.807) is 0 Å². The van der Waals surface area contributed by atoms with E-state index in [0.717, 1.165) is 25.1 Å². The Bertz CT molecular complexity index is 422. The van der Waals surface area contributed by atoms with Crippen LogP contribution in [0.15, 0.2) is 30.3 Å². The molecule has 1 fully saturated rings. The van der Waals surface area contributed by atoms with Crippen LogP contribution in [0, 0.1) is 5.92 Å². The summed E-state index contributed by atoms with van der Waals surface area (Å²) in [5.74, 6) is -0.234. The van der Waals surface area contributed by atoms with Gasteiger partial charge in [0, 0.05) is 19.1 Å². The summed E-state index contributed by atoms with van der Waals surface area (Å²) < 4.78 is 5.37. The molecule has 2 N–H and O–H groups in total. The molecule has 4 heteroatoms. The molecule has 0 amide bonds. The molecule has 1 saturated heterocycles. The summed E-state index contributed by atoms with van der Waals surface area (Å²) in [7, 11) is 0. The number of benzene rings is 1. The molecule has 0 saturated carbocycles. The molecule has 0 spiro atoms. The summed E-state index contributed by atoms with van der Waals surface area (Å²) in [6.07, 6.45) is 2.32. The molecule has 0 aromatic heterocycles. The predicted octanol–water partition coefficient (Wildman–Crippen LogP) is 1.79. The summed E-state index contributed by atoms with van der Waals surface area (Å²) in [6, 6.07) is 10.2. The first-order valence-electron chi connectivity index (χ1n) is 7.35. The molecule has 20 heavy (non-hydrogen) atoms. The molecule has 2 unspecified atom stereocenters. The number of esters is 1. The van der Waals surface area contributed by atoms with Gasteiger partial charge in [0.05, 0.1) is 5.92 Å². The summed E-state index contributed by atoms with van der Waals surface area (Å²) in [4.78, 5) is 14.3. The Balaban J connectivity index is 1.77. The third-order valence-corrected chi connectivity index (χ3v) is 3.91. The fourth-order valence-electron chi connectivity index (χ4n) is 2.70. The van der Waals surface area contributed by atoms with Crippen LogP contribution >= 0.6 is 0 Å². The van der Waals surface area contributed by atoms with Gasteiger partial charge in [-0.05, 0) is 24.9 Å². The first kappa shape index (κ1) is 15.0. The zero-order valence-corrected chi connectivity index (χ0v) is 12.1. The van der Waals surface area contributed by atoms with Gasteiger partial charge in [0.15, 0.2) is 0 Å². The number of ether oxygens (including phenoxy) is 1. The largest absolute Gasteiger partial charge is 0.461 e. The Morgan fingerprint density at radius 1 is 1.45 bits per heavy atom. The van der Waals surface area contributed by atoms with Crippen LogP contribution in [0.3, 0.4) is 0 Å². The molecular weight excluding hydrogens is 252 g/mol. The number of nitrogens with two attached hydrogens (primary N) is 1. The first-order chi connectivity index (χ1) is 9.70. The monoisotopic (exact) mass is 276 g/mol. The third kappa shape index (κ3) is 4.05. The van der Waals surface area contributed by atoms with Gasteiger partial charge in [0.2, 0.25) is 0 Å². The highest BCUT2D eigenvalue weighted by Crippen LogP contribution is 2.18. The number of likely N-dealkylation sites (tertiary alicyclic amines) is 1. The van der Waals surface area contributed by atoms with Crippen molar-refractivity contribution in [2.75, 3.05) is 19.6 Å². The summed E-state index contributed by atoms with van der Waals surface area (Å²) in [5.41, 5.74) is 6.78. The van der Waals surface area contributed by atoms with E-state index in [-0.39, 0.29) is 11.9 Å². The van der Waals surface area contributed by atoms with Crippen molar-refractivity contribution in [3.8, 4) is 0 Å². The van der Waals surface area contributed by atoms with Gasteiger partial charge in [-0.15, -0.1) is 0 Å². The Morgan fingerprint density at radius 3 is 2.90 bits per heavy atom. The van der Waals surface area contributed by atoms with Crippen LogP contribution in [0.25, 0.3) is 0 Å². The van der Waals surface area contributed by atoms with E-state index in [1.807, 2.05) is 37.3 Å². The van der Waals surface area contributed by atoms with Crippen molar-refractivity contribution in [3.63, 3.8) is 0 Å². The maximum absolute atomic E-state index is 12.0. The number of rotatable bonds is 6. The van der Waals surface area contributed by atoms with Crippen LogP contribution in [0.4, 0.5) is 0 Å². The molecular formula is C16H24N2O2. The smallest absolute Gasteiger partial charge is 0.310 e. The topological polar surface area (TPSA) is 55.6 Å². The lowest BCUT2D eigenvalue weighted by Gasteiger charge is -2.25. The highest BCUT2D eigenvalue weighted by atomic mass is 16.5. The SMILES string of the molecule is CC(CN1CCCC1CN)C(=O)OCc1ccccc1. The van der Waals surface area contributed by atoms with Gasteiger partial charge in [-0.25, -0.2) is 0 Å². The molecule has 1 aromatic carbocycles. The number of carbonyl (C=O) groups excluding carboxylic acids is 1. The minimum Gasteiger partial charge on any atom is -0.461 e. The minimum atomic E-state index is -0.128. The zero-order valence-electron chi connectivity index (χ0n) is 12.1. The molecule has 1 aliphatic rings. The molecule has 0 radical (unpaired) electrons. The molecule has 2 rings (SSSR count). The maximum Gasteiger partial charge on any atom is 0.310 e. The lowest BCUT2D eigenvalue weighted by molar-refractivity contribution is -0.150. The van der Waals surface area contributed by atoms with E-state index >= 15 is 0 Å². The van der Waals surface area contributed by atoms with Gasteiger partial charge >= 0.3 is 5.97 Å². The molecule has 0 bridgehead atoms. The quantitative estimate of drug-likeness (QED) is 0.805. The average Bonchev–Trinajstić information content (AvgIpc) is 2.93. The van der Waals surface area contributed by atoms with Crippen molar-refractivity contribution >= 4 is 5.97 Å². The van der Waals surface area contributed by atoms with Crippen molar-refractivity contribution in [1.29, 1.82) is 0 Å². The van der Waals surface area contributed by atoms with E-state index < -0.39 is 0 Å². The highest BCUT2D eigenvalue weighted by molar-refractivity contribution is 5.72. The normalized spacial score (nSPS) is 20.8. The minimum absolute atomic E-state index is 0.106. The van der Waals surface area contributed by atoms with Crippen molar-refractivity contribution < 1.29 is 9.53 Å². The van der Waals surface area contributed by atoms with E-state index in [0.29, 0.717) is 19.2 Å². The second-order valence-electron chi connectivity index (χ2n) is 5.52. The van der Waals surface area contributed by atoms with Crippen molar-refractivity contribution in [1.82, 2.24) is 4.90 Å². The average molecular weight is 276 g/mol. The number of hydrogen-bond donors (Lipinski definition) is 1. The number of nitrogens with zero attached hydrogens (tertiary/aromatic N) is 1. The maximum atomic E-state index is 12.0. The molecule has 0 aliphatic carbocycles. The number of carbonyl (C=O) groups is 1. The fraction of sp³-hybridized carbons (Fsp3) is 0.562. The lowest BCUT2D eigenvalue weighted by Crippen LogP contribution is -2.39. The van der Waals surface area contributed by atoms with Gasteiger partial charge in [0.25, 0.3) is 0 Å². The molecule has 1 heterocycles. The Hall–Kier alpha value is -1.39. The molecule has 4 nitrogen and oxygen atoms in total. The lowest BCUT2D eigenvalue weighted by atomic mass is 10.1. The molecule has 1 aromatic rings. The summed E-state index contributed by atoms with van der Waals surface area (Å²) >= 11 is 0. The van der Waals surface area contributed by atoms with Crippen LogP contribution < -0.4 is 5.73 Å². The van der Waals surface area contributed by atoms with Gasteiger partial charge in [-0.3, -0.25) is 9.69 Å². The highest BCUT2D eigenvalue weighted by Gasteiger charge is 2.27. The fourth-order valence-corrected chi connectivity index (χ4v) is 2.70. The van der Waals surface area contributed by atoms with E-state index in [1.165, 1.54) is 6.42 Å². The molecule has 1 aliphatic heterocycles. The van der Waals surface area contributed by atoms with Crippen LogP contribution in [0.2, 0.25) is 0 Å². The van der Waals surface area contributed by atoms with Gasteiger partial charge in [-0.1, -0.05) is 37.3 Å². The first-order valence-corrected chi connectivity index (χ1v) is 7.35. The van der Waals surface area contributed by atoms with Crippen LogP contribution in [0.5, 0.6) is 0 Å². The summed E-state index contributed by atoms with van der Waals surface area (Å²) in [6.45, 7) is 4.74. The van der Waals surface area contributed by atoms with E-state index in [9.17, 15) is 4.79 Å². The van der Waals surface area contributed by atoms with Crippen molar-refractivity contribution in [2.24, 2.45) is 11.7 Å². The van der Waals surface area contributed by atoms with Gasteiger partial charge < -0.3 is 10.5 Å². The van der Waals surface area contributed by atoms with Crippen molar-refractivity contribution in [3.05, 3.63) is 35.9 Å². The molecule has 110 valence electrons. The second kappa shape index (κ2) is 7.41. The van der Waals surface area contributed by atoms with Crippen molar-refractivity contribution in [2.45, 2.75) is 32.4 Å². The standard InChI is InChI=1S/C16H24N2O2/c1-13(11-18-9-5-8-15(18)10-17)16(19)20-12-14-6-3-2-4-7-14/h2-4,6-7,13,15H,5,8-12,17H2,1H3.